The van der Waals surface area contributed by atoms with E-state index in [1.54, 1.807) is 6.92 Å². The molecule has 7 nitrogen and oxygen atoms in total. The van der Waals surface area contributed by atoms with E-state index < -0.39 is 11.2 Å². The Morgan fingerprint density at radius 3 is 2.28 bits per heavy atom. The van der Waals surface area contributed by atoms with Crippen molar-refractivity contribution in [3.63, 3.8) is 0 Å². The summed E-state index contributed by atoms with van der Waals surface area (Å²) in [5.74, 6) is -0.266. The van der Waals surface area contributed by atoms with Crippen LogP contribution in [0.15, 0.2) is 9.59 Å². The molecule has 0 amide bonds. The van der Waals surface area contributed by atoms with Crippen molar-refractivity contribution in [2.75, 3.05) is 0 Å². The molecular weight excluding hydrogens is 236 g/mol. The summed E-state index contributed by atoms with van der Waals surface area (Å²) in [5, 5.41) is 0. The van der Waals surface area contributed by atoms with Crippen molar-refractivity contribution in [3.8, 4) is 0 Å². The van der Waals surface area contributed by atoms with Crippen LogP contribution < -0.4 is 11.2 Å². The molecule has 2 aromatic rings. The fourth-order valence-corrected chi connectivity index (χ4v) is 1.78. The maximum absolute atomic E-state index is 11.9. The third-order valence-electron chi connectivity index (χ3n) is 2.78. The lowest BCUT2D eigenvalue weighted by Crippen LogP contribution is -2.38. The van der Waals surface area contributed by atoms with Gasteiger partial charge in [0.2, 0.25) is 0 Å². The lowest BCUT2D eigenvalue weighted by atomic mass is 10.2. The molecule has 0 aromatic carbocycles. The van der Waals surface area contributed by atoms with Crippen molar-refractivity contribution in [1.82, 2.24) is 19.1 Å². The van der Waals surface area contributed by atoms with Gasteiger partial charge in [-0.3, -0.25) is 18.7 Å². The van der Waals surface area contributed by atoms with Gasteiger partial charge in [0.15, 0.2) is 16.9 Å². The van der Waals surface area contributed by atoms with E-state index in [2.05, 4.69) is 9.97 Å². The molecule has 0 bridgehead atoms. The Morgan fingerprint density at radius 1 is 1.11 bits per heavy atom. The van der Waals surface area contributed by atoms with E-state index in [9.17, 15) is 14.4 Å². The van der Waals surface area contributed by atoms with Gasteiger partial charge >= 0.3 is 5.69 Å². The average molecular weight is 248 g/mol. The number of Topliss-reactive ketones (excluding diaryl/α,β-unsaturated/α-hetero) is 1. The zero-order valence-electron chi connectivity index (χ0n) is 10.5. The molecule has 0 atom stereocenters. The minimum absolute atomic E-state index is 0.0235. The molecule has 18 heavy (non-hydrogen) atoms. The predicted octanol–water partition coefficient (Wildman–Crippen LogP) is -0.462. The van der Waals surface area contributed by atoms with Gasteiger partial charge in [0.05, 0.1) is 5.69 Å². The van der Waals surface area contributed by atoms with Crippen molar-refractivity contribution < 1.29 is 4.79 Å². The van der Waals surface area contributed by atoms with Crippen LogP contribution in [-0.4, -0.2) is 24.9 Å². The Morgan fingerprint density at radius 2 is 1.72 bits per heavy atom. The smallest absolute Gasteiger partial charge is 0.293 e. The quantitative estimate of drug-likeness (QED) is 0.637. The number of aryl methyl sites for hydroxylation is 2. The van der Waals surface area contributed by atoms with Gasteiger partial charge in [-0.25, -0.2) is 14.8 Å². The van der Waals surface area contributed by atoms with Crippen LogP contribution >= 0.6 is 0 Å². The van der Waals surface area contributed by atoms with Crippen molar-refractivity contribution >= 4 is 16.9 Å². The Balaban J connectivity index is 3.09. The summed E-state index contributed by atoms with van der Waals surface area (Å²) in [4.78, 5) is 43.2. The summed E-state index contributed by atoms with van der Waals surface area (Å²) >= 11 is 0. The van der Waals surface area contributed by atoms with Crippen LogP contribution in [0.3, 0.4) is 0 Å². The van der Waals surface area contributed by atoms with E-state index in [1.165, 1.54) is 25.6 Å². The number of fused-ring (bicyclic) bond motifs is 1. The number of nitrogens with zero attached hydrogens (tertiary/aromatic N) is 4. The lowest BCUT2D eigenvalue weighted by molar-refractivity contribution is 0.101. The first kappa shape index (κ1) is 12.2. The molecule has 2 rings (SSSR count). The molecule has 2 heterocycles. The Bertz CT molecular complexity index is 785. The molecule has 0 fully saturated rings. The van der Waals surface area contributed by atoms with Gasteiger partial charge in [-0.15, -0.1) is 0 Å². The summed E-state index contributed by atoms with van der Waals surface area (Å²) in [6.45, 7) is 2.97. The van der Waals surface area contributed by atoms with Crippen LogP contribution in [0.5, 0.6) is 0 Å². The highest BCUT2D eigenvalue weighted by Crippen LogP contribution is 2.08. The highest BCUT2D eigenvalue weighted by atomic mass is 16.2. The highest BCUT2D eigenvalue weighted by Gasteiger charge is 2.15. The van der Waals surface area contributed by atoms with E-state index in [1.807, 2.05) is 0 Å². The second kappa shape index (κ2) is 3.86. The highest BCUT2D eigenvalue weighted by molar-refractivity contribution is 5.94. The molecule has 2 aromatic heterocycles. The number of hydrogen-bond donors (Lipinski definition) is 0. The molecule has 7 heteroatoms. The number of hydrogen-bond acceptors (Lipinski definition) is 5. The normalized spacial score (nSPS) is 10.9. The van der Waals surface area contributed by atoms with E-state index in [0.29, 0.717) is 5.69 Å². The molecule has 0 saturated heterocycles. The van der Waals surface area contributed by atoms with E-state index in [0.717, 1.165) is 4.57 Å². The molecule has 0 aliphatic carbocycles. The summed E-state index contributed by atoms with van der Waals surface area (Å²) in [6.07, 6.45) is 0. The van der Waals surface area contributed by atoms with Crippen molar-refractivity contribution in [1.29, 1.82) is 0 Å². The van der Waals surface area contributed by atoms with Crippen LogP contribution in [0.4, 0.5) is 0 Å². The zero-order valence-corrected chi connectivity index (χ0v) is 10.5. The molecular formula is C11H12N4O3. The van der Waals surface area contributed by atoms with Gasteiger partial charge < -0.3 is 0 Å². The Kier molecular flexibility index (Phi) is 2.61. The lowest BCUT2D eigenvalue weighted by Gasteiger charge is -2.08. The number of rotatable bonds is 1. The van der Waals surface area contributed by atoms with Gasteiger partial charge in [-0.2, -0.15) is 0 Å². The van der Waals surface area contributed by atoms with Gasteiger partial charge in [-0.05, 0) is 6.92 Å². The Hall–Kier alpha value is -2.31. The summed E-state index contributed by atoms with van der Waals surface area (Å²) in [6, 6.07) is 0. The molecule has 0 N–H and O–H groups in total. The van der Waals surface area contributed by atoms with Gasteiger partial charge in [0, 0.05) is 21.0 Å². The van der Waals surface area contributed by atoms with Crippen LogP contribution in [0.25, 0.3) is 11.2 Å². The minimum Gasteiger partial charge on any atom is -0.293 e. The van der Waals surface area contributed by atoms with Gasteiger partial charge in [0.25, 0.3) is 5.56 Å². The fourth-order valence-electron chi connectivity index (χ4n) is 1.78. The van der Waals surface area contributed by atoms with Crippen molar-refractivity contribution in [2.45, 2.75) is 13.8 Å². The summed E-state index contributed by atoms with van der Waals surface area (Å²) in [5.41, 5.74) is -0.266. The van der Waals surface area contributed by atoms with Crippen LogP contribution in [0, 0.1) is 6.92 Å². The first-order valence-corrected chi connectivity index (χ1v) is 5.30. The van der Waals surface area contributed by atoms with Gasteiger partial charge in [-0.1, -0.05) is 0 Å². The third-order valence-corrected chi connectivity index (χ3v) is 2.78. The van der Waals surface area contributed by atoms with E-state index in [-0.39, 0.29) is 22.6 Å². The maximum Gasteiger partial charge on any atom is 0.332 e. The van der Waals surface area contributed by atoms with Crippen molar-refractivity contribution in [2.24, 2.45) is 14.1 Å². The van der Waals surface area contributed by atoms with Crippen LogP contribution in [0.1, 0.15) is 23.1 Å². The first-order chi connectivity index (χ1) is 8.34. The summed E-state index contributed by atoms with van der Waals surface area (Å²) in [7, 11) is 2.87. The maximum atomic E-state index is 11.9. The van der Waals surface area contributed by atoms with Crippen molar-refractivity contribution in [3.05, 3.63) is 32.2 Å². The standard InChI is InChI=1S/C11H12N4O3/c1-5-7(6(2)16)13-8-9(12-5)14(3)11(18)15(4)10(8)17/h1-4H3. The molecule has 0 unspecified atom stereocenters. The third kappa shape index (κ3) is 1.55. The van der Waals surface area contributed by atoms with Gasteiger partial charge in [0.1, 0.15) is 5.69 Å². The van der Waals surface area contributed by atoms with Crippen LogP contribution in [0.2, 0.25) is 0 Å². The average Bonchev–Trinajstić information content (AvgIpc) is 2.33. The second-order valence-electron chi connectivity index (χ2n) is 4.09. The monoisotopic (exact) mass is 248 g/mol. The number of carbonyl (C=O) groups excluding carboxylic acids is 1. The zero-order chi connectivity index (χ0) is 13.6. The fraction of sp³-hybridized carbons (Fsp3) is 0.364. The van der Waals surface area contributed by atoms with E-state index >= 15 is 0 Å². The van der Waals surface area contributed by atoms with Crippen LogP contribution in [-0.2, 0) is 14.1 Å². The number of carbonyl (C=O) groups is 1. The SMILES string of the molecule is CC(=O)c1nc2c(=O)n(C)c(=O)n(C)c2nc1C. The van der Waals surface area contributed by atoms with E-state index in [4.69, 9.17) is 0 Å². The topological polar surface area (TPSA) is 86.9 Å². The number of aromatic nitrogens is 4. The molecule has 0 radical (unpaired) electrons. The second-order valence-corrected chi connectivity index (χ2v) is 4.09. The Labute approximate surface area is 102 Å². The minimum atomic E-state index is -0.553. The molecule has 0 saturated carbocycles. The molecule has 0 aliphatic rings. The first-order valence-electron chi connectivity index (χ1n) is 5.30. The summed E-state index contributed by atoms with van der Waals surface area (Å²) < 4.78 is 2.18. The molecule has 0 aliphatic heterocycles. The molecule has 0 spiro atoms. The predicted molar refractivity (Wildman–Crippen MR) is 64.8 cm³/mol. The molecule has 94 valence electrons. The largest absolute Gasteiger partial charge is 0.332 e. The number of ketones is 1.